The van der Waals surface area contributed by atoms with Crippen LogP contribution < -0.4 is 15.5 Å². The van der Waals surface area contributed by atoms with Crippen molar-refractivity contribution in [2.75, 3.05) is 40.1 Å². The van der Waals surface area contributed by atoms with Gasteiger partial charge >= 0.3 is 0 Å². The highest BCUT2D eigenvalue weighted by Crippen LogP contribution is 2.35. The van der Waals surface area contributed by atoms with Crippen molar-refractivity contribution in [1.29, 1.82) is 0 Å². The maximum absolute atomic E-state index is 13.6. The summed E-state index contributed by atoms with van der Waals surface area (Å²) in [5.41, 5.74) is 3.96. The molecule has 15 heteroatoms. The number of hydrogen-bond acceptors (Lipinski definition) is 10. The molecule has 2 unspecified atom stereocenters. The van der Waals surface area contributed by atoms with Gasteiger partial charge in [0.2, 0.25) is 11.2 Å². The first-order chi connectivity index (χ1) is 23.8. The monoisotopic (exact) mass is 736 g/mol. The molecular formula is C35H35ClF2N8O2S2. The molecule has 2 N–H and O–H groups in total. The molecule has 3 aliphatic heterocycles. The summed E-state index contributed by atoms with van der Waals surface area (Å²) in [4.78, 5) is 25.1. The predicted molar refractivity (Wildman–Crippen MR) is 194 cm³/mol. The molecule has 2 aromatic carbocycles. The van der Waals surface area contributed by atoms with Crippen LogP contribution in [0.5, 0.6) is 0 Å². The second kappa shape index (κ2) is 15.7. The molecule has 10 nitrogen and oxygen atoms in total. The summed E-state index contributed by atoms with van der Waals surface area (Å²) in [6.07, 6.45) is 7.00. The fourth-order valence-electron chi connectivity index (χ4n) is 6.12. The minimum absolute atomic E-state index is 0. The van der Waals surface area contributed by atoms with Gasteiger partial charge in [0, 0.05) is 61.2 Å². The smallest absolute Gasteiger partial charge is 0.227 e. The Hall–Kier alpha value is -4.40. The van der Waals surface area contributed by atoms with E-state index in [2.05, 4.69) is 42.6 Å². The molecule has 0 bridgehead atoms. The van der Waals surface area contributed by atoms with Crippen LogP contribution in [0, 0.1) is 11.6 Å². The van der Waals surface area contributed by atoms with Gasteiger partial charge in [0.05, 0.1) is 33.0 Å². The highest BCUT2D eigenvalue weighted by molar-refractivity contribution is 7.85. The summed E-state index contributed by atoms with van der Waals surface area (Å²) in [7, 11) is -2.27. The third-order valence-electron chi connectivity index (χ3n) is 8.47. The first kappa shape index (κ1) is 35.4. The van der Waals surface area contributed by atoms with E-state index < -0.39 is 21.6 Å². The van der Waals surface area contributed by atoms with Crippen LogP contribution in [0.3, 0.4) is 0 Å². The zero-order valence-corrected chi connectivity index (χ0v) is 28.5. The molecule has 1 saturated heterocycles. The number of piperidine rings is 1. The van der Waals surface area contributed by atoms with Crippen LogP contribution >= 0.6 is 11.6 Å². The molecular weight excluding hydrogens is 702 g/mol. The maximum atomic E-state index is 13.6. The number of aromatic nitrogens is 5. The Labute approximate surface area is 299 Å². The van der Waals surface area contributed by atoms with Crippen LogP contribution in [0.15, 0.2) is 82.8 Å². The highest BCUT2D eigenvalue weighted by atomic mass is 35.5. The number of rotatable bonds is 6. The average molecular weight is 737 g/mol. The molecule has 0 spiro atoms. The minimum Gasteiger partial charge on any atom is -0.341 e. The summed E-state index contributed by atoms with van der Waals surface area (Å²) < 4.78 is 51.2. The van der Waals surface area contributed by atoms with Crippen LogP contribution in [-0.4, -0.2) is 57.9 Å². The molecule has 0 saturated carbocycles. The number of nitrogens with one attached hydrogen (secondary N) is 2. The van der Waals surface area contributed by atoms with Gasteiger partial charge in [-0.25, -0.2) is 18.7 Å². The van der Waals surface area contributed by atoms with Crippen molar-refractivity contribution in [2.45, 2.75) is 48.8 Å². The van der Waals surface area contributed by atoms with Crippen molar-refractivity contribution in [3.63, 3.8) is 0 Å². The Morgan fingerprint density at radius 1 is 0.740 bits per heavy atom. The molecule has 1 fully saturated rings. The molecule has 3 aromatic heterocycles. The van der Waals surface area contributed by atoms with Crippen LogP contribution in [0.2, 0.25) is 5.28 Å². The van der Waals surface area contributed by atoms with Crippen LogP contribution in [0.4, 0.5) is 37.7 Å². The first-order valence-corrected chi connectivity index (χ1v) is 18.8. The quantitative estimate of drug-likeness (QED) is 0.174. The summed E-state index contributed by atoms with van der Waals surface area (Å²) in [5.74, 6) is 2.45. The lowest BCUT2D eigenvalue weighted by molar-refractivity contribution is 0.498. The molecule has 0 radical (unpaired) electrons. The summed E-state index contributed by atoms with van der Waals surface area (Å²) in [6, 6.07) is 16.3. The highest BCUT2D eigenvalue weighted by Gasteiger charge is 2.29. The van der Waals surface area contributed by atoms with Gasteiger partial charge < -0.3 is 15.5 Å². The first-order valence-electron chi connectivity index (χ1n) is 15.7. The summed E-state index contributed by atoms with van der Waals surface area (Å²) in [6.45, 7) is 1.71. The van der Waals surface area contributed by atoms with Gasteiger partial charge in [0.15, 0.2) is 11.6 Å². The normalized spacial score (nSPS) is 17.9. The van der Waals surface area contributed by atoms with Crippen molar-refractivity contribution in [3.05, 3.63) is 107 Å². The Morgan fingerprint density at radius 3 is 1.84 bits per heavy atom. The van der Waals surface area contributed by atoms with Crippen molar-refractivity contribution < 1.29 is 17.2 Å². The third kappa shape index (κ3) is 7.98. The van der Waals surface area contributed by atoms with Crippen LogP contribution in [-0.2, 0) is 34.4 Å². The van der Waals surface area contributed by atoms with E-state index in [0.717, 1.165) is 31.6 Å². The number of fused-ring (bicyclic) bond motifs is 2. The lowest BCUT2D eigenvalue weighted by Crippen LogP contribution is -2.34. The van der Waals surface area contributed by atoms with Crippen LogP contribution in [0.25, 0.3) is 0 Å². The fraction of sp³-hybridized carbons (Fsp3) is 0.286. The SMILES string of the molecule is C.O=S1CCc2nc(Cl)nc(Nc3cccc(F)c3)c21.O=S1CCc2nc(N3CCC(c4ccncc4)CC3)nc(Nc3cccc(F)c3)c21. The number of hydrogen-bond donors (Lipinski definition) is 2. The molecule has 8 rings (SSSR count). The van der Waals surface area contributed by atoms with Crippen molar-refractivity contribution in [2.24, 2.45) is 0 Å². The second-order valence-electron chi connectivity index (χ2n) is 11.7. The van der Waals surface area contributed by atoms with E-state index in [4.69, 9.17) is 21.6 Å². The molecule has 3 aliphatic rings. The Balaban J connectivity index is 0.000000187. The molecule has 6 heterocycles. The molecule has 2 atom stereocenters. The lowest BCUT2D eigenvalue weighted by Gasteiger charge is -2.32. The lowest BCUT2D eigenvalue weighted by atomic mass is 9.90. The van der Waals surface area contributed by atoms with E-state index in [1.165, 1.54) is 29.8 Å². The molecule has 260 valence electrons. The average Bonchev–Trinajstić information content (AvgIpc) is 3.67. The van der Waals surface area contributed by atoms with E-state index in [1.54, 1.807) is 24.3 Å². The standard InChI is InChI=1S/C22H22FN5OS.C12H9ClFN3OS.CH4/c23-17-2-1-3-18(14-17)25-21-20-19(8-13-30(20)29)26-22(27-21)28-11-6-16(7-12-28)15-4-9-24-10-5-15;13-12-16-9-4-5-19(18)10(9)11(17-12)15-8-3-1-2-7(14)6-8;/h1-5,9-10,14,16H,6-8,11-13H2,(H,25,26,27);1-3,6H,4-5H2,(H,15,16,17);1H4. The maximum Gasteiger partial charge on any atom is 0.227 e. The van der Waals surface area contributed by atoms with E-state index in [1.807, 2.05) is 12.4 Å². The van der Waals surface area contributed by atoms with Gasteiger partial charge in [-0.15, -0.1) is 0 Å². The second-order valence-corrected chi connectivity index (χ2v) is 15.0. The molecule has 50 heavy (non-hydrogen) atoms. The Morgan fingerprint density at radius 2 is 1.28 bits per heavy atom. The molecule has 0 amide bonds. The molecule has 5 aromatic rings. The fourth-order valence-corrected chi connectivity index (χ4v) is 8.91. The van der Waals surface area contributed by atoms with Gasteiger partial charge in [0.25, 0.3) is 0 Å². The number of benzene rings is 2. The number of aryl methyl sites for hydroxylation is 2. The van der Waals surface area contributed by atoms with Gasteiger partial charge in [0.1, 0.15) is 21.4 Å². The Kier molecular flexibility index (Phi) is 11.1. The van der Waals surface area contributed by atoms with Gasteiger partial charge in [-0.1, -0.05) is 19.6 Å². The van der Waals surface area contributed by atoms with Crippen molar-refractivity contribution in [3.8, 4) is 0 Å². The zero-order chi connectivity index (χ0) is 33.9. The van der Waals surface area contributed by atoms with E-state index >= 15 is 0 Å². The van der Waals surface area contributed by atoms with E-state index in [-0.39, 0.29) is 24.3 Å². The van der Waals surface area contributed by atoms with Gasteiger partial charge in [-0.05, 0) is 84.5 Å². The van der Waals surface area contributed by atoms with Gasteiger partial charge in [-0.3, -0.25) is 13.4 Å². The number of halogens is 3. The number of pyridine rings is 1. The van der Waals surface area contributed by atoms with Crippen LogP contribution in [0.1, 0.15) is 43.1 Å². The van der Waals surface area contributed by atoms with Crippen molar-refractivity contribution >= 4 is 62.2 Å². The van der Waals surface area contributed by atoms with E-state index in [0.29, 0.717) is 74.7 Å². The topological polar surface area (TPSA) is 126 Å². The van der Waals surface area contributed by atoms with E-state index in [9.17, 15) is 17.2 Å². The summed E-state index contributed by atoms with van der Waals surface area (Å²) >= 11 is 5.84. The largest absolute Gasteiger partial charge is 0.341 e. The number of anilines is 5. The third-order valence-corrected chi connectivity index (χ3v) is 11.6. The molecule has 0 aliphatic carbocycles. The summed E-state index contributed by atoms with van der Waals surface area (Å²) in [5, 5.41) is 6.21. The Bertz CT molecular complexity index is 2050. The van der Waals surface area contributed by atoms with Crippen molar-refractivity contribution in [1.82, 2.24) is 24.9 Å². The zero-order valence-electron chi connectivity index (χ0n) is 26.1. The minimum atomic E-state index is -1.14. The predicted octanol–water partition coefficient (Wildman–Crippen LogP) is 7.11. The number of nitrogens with zero attached hydrogens (tertiary/aromatic N) is 6. The van der Waals surface area contributed by atoms with Gasteiger partial charge in [-0.2, -0.15) is 9.97 Å².